The summed E-state index contributed by atoms with van der Waals surface area (Å²) in [4.78, 5) is 0. The molecular formula is C16H19NO2. The van der Waals surface area contributed by atoms with Crippen molar-refractivity contribution in [1.82, 2.24) is 5.32 Å². The highest BCUT2D eigenvalue weighted by Crippen LogP contribution is 2.25. The third kappa shape index (κ3) is 3.18. The number of fused-ring (bicyclic) bond motifs is 1. The Morgan fingerprint density at radius 2 is 2.11 bits per heavy atom. The lowest BCUT2D eigenvalue weighted by Crippen LogP contribution is -2.20. The lowest BCUT2D eigenvalue weighted by molar-refractivity contribution is 0.313. The zero-order chi connectivity index (χ0) is 12.9. The van der Waals surface area contributed by atoms with Gasteiger partial charge in [0.1, 0.15) is 12.4 Å². The summed E-state index contributed by atoms with van der Waals surface area (Å²) >= 11 is 0. The zero-order valence-electron chi connectivity index (χ0n) is 11.0. The van der Waals surface area contributed by atoms with Gasteiger partial charge in [-0.15, -0.1) is 0 Å². The average Bonchev–Trinajstić information content (AvgIpc) is 3.08. The van der Waals surface area contributed by atoms with Crippen LogP contribution in [0.25, 0.3) is 0 Å². The summed E-state index contributed by atoms with van der Waals surface area (Å²) in [6.45, 7) is 2.35. The second kappa shape index (κ2) is 5.93. The Hall–Kier alpha value is -1.74. The molecule has 19 heavy (non-hydrogen) atoms. The first-order valence-corrected chi connectivity index (χ1v) is 6.88. The summed E-state index contributed by atoms with van der Waals surface area (Å²) in [5.74, 6) is 0.991. The summed E-state index contributed by atoms with van der Waals surface area (Å²) in [6.07, 6.45) is 7.16. The molecule has 0 amide bonds. The summed E-state index contributed by atoms with van der Waals surface area (Å²) in [6, 6.07) is 8.45. The fourth-order valence-corrected chi connectivity index (χ4v) is 2.50. The number of hydrogen-bond acceptors (Lipinski definition) is 3. The first kappa shape index (κ1) is 12.3. The Kier molecular flexibility index (Phi) is 3.84. The van der Waals surface area contributed by atoms with Crippen molar-refractivity contribution in [1.29, 1.82) is 0 Å². The Morgan fingerprint density at radius 3 is 3.00 bits per heavy atom. The topological polar surface area (TPSA) is 34.4 Å². The number of furan rings is 1. The highest BCUT2D eigenvalue weighted by Gasteiger charge is 2.10. The van der Waals surface area contributed by atoms with E-state index in [4.69, 9.17) is 9.15 Å². The molecule has 1 aromatic heterocycles. The molecule has 0 atom stereocenters. The highest BCUT2D eigenvalue weighted by atomic mass is 16.5. The standard InChI is InChI=1S/C16H19NO2/c1-2-14-4-5-16(10-15(14)3-1)19-9-7-17-11-13-6-8-18-12-13/h4-6,8,10,12,17H,1-3,7,9,11H2. The minimum absolute atomic E-state index is 0.691. The Balaban J connectivity index is 1.40. The molecule has 1 heterocycles. The van der Waals surface area contributed by atoms with Crippen LogP contribution in [0, 0.1) is 0 Å². The first-order valence-electron chi connectivity index (χ1n) is 6.88. The smallest absolute Gasteiger partial charge is 0.119 e. The molecule has 3 rings (SSSR count). The SMILES string of the molecule is c1cc(CNCCOc2ccc3c(c2)CCC3)co1. The van der Waals surface area contributed by atoms with Gasteiger partial charge in [0.05, 0.1) is 12.5 Å². The van der Waals surface area contributed by atoms with E-state index < -0.39 is 0 Å². The lowest BCUT2D eigenvalue weighted by atomic mass is 10.1. The van der Waals surface area contributed by atoms with E-state index in [2.05, 4.69) is 23.5 Å². The van der Waals surface area contributed by atoms with Crippen molar-refractivity contribution in [2.24, 2.45) is 0 Å². The lowest BCUT2D eigenvalue weighted by Gasteiger charge is -2.08. The molecule has 1 aliphatic carbocycles. The van der Waals surface area contributed by atoms with Crippen molar-refractivity contribution in [3.05, 3.63) is 53.5 Å². The average molecular weight is 257 g/mol. The predicted octanol–water partition coefficient (Wildman–Crippen LogP) is 2.94. The van der Waals surface area contributed by atoms with Gasteiger partial charge in [-0.1, -0.05) is 6.07 Å². The molecule has 0 bridgehead atoms. The van der Waals surface area contributed by atoms with Gasteiger partial charge in [0, 0.05) is 18.7 Å². The Bertz CT molecular complexity index is 520. The number of hydrogen-bond donors (Lipinski definition) is 1. The molecule has 100 valence electrons. The molecule has 3 nitrogen and oxygen atoms in total. The maximum atomic E-state index is 5.76. The number of rotatable bonds is 6. The summed E-state index contributed by atoms with van der Waals surface area (Å²) in [7, 11) is 0. The van der Waals surface area contributed by atoms with Crippen LogP contribution in [0.5, 0.6) is 5.75 Å². The van der Waals surface area contributed by atoms with Crippen LogP contribution in [-0.4, -0.2) is 13.2 Å². The molecular weight excluding hydrogens is 238 g/mol. The molecule has 0 radical (unpaired) electrons. The molecule has 0 unspecified atom stereocenters. The van der Waals surface area contributed by atoms with Crippen molar-refractivity contribution in [3.8, 4) is 5.75 Å². The second-order valence-corrected chi connectivity index (χ2v) is 4.94. The summed E-state index contributed by atoms with van der Waals surface area (Å²) < 4.78 is 10.8. The van der Waals surface area contributed by atoms with Gasteiger partial charge in [0.2, 0.25) is 0 Å². The normalized spacial score (nSPS) is 13.5. The highest BCUT2D eigenvalue weighted by molar-refractivity contribution is 5.38. The van der Waals surface area contributed by atoms with E-state index in [1.807, 2.05) is 6.07 Å². The quantitative estimate of drug-likeness (QED) is 0.808. The van der Waals surface area contributed by atoms with Crippen molar-refractivity contribution < 1.29 is 9.15 Å². The van der Waals surface area contributed by atoms with E-state index in [1.165, 1.54) is 30.4 Å². The largest absolute Gasteiger partial charge is 0.492 e. The molecule has 0 aliphatic heterocycles. The van der Waals surface area contributed by atoms with Gasteiger partial charge in [-0.05, 0) is 48.6 Å². The third-order valence-corrected chi connectivity index (χ3v) is 3.53. The Labute approximate surface area is 113 Å². The van der Waals surface area contributed by atoms with E-state index in [0.29, 0.717) is 6.61 Å². The molecule has 1 aromatic carbocycles. The molecule has 0 spiro atoms. The Morgan fingerprint density at radius 1 is 1.16 bits per heavy atom. The molecule has 0 fully saturated rings. The van der Waals surface area contributed by atoms with Crippen LogP contribution in [0.4, 0.5) is 0 Å². The van der Waals surface area contributed by atoms with E-state index >= 15 is 0 Å². The van der Waals surface area contributed by atoms with E-state index in [0.717, 1.165) is 24.4 Å². The van der Waals surface area contributed by atoms with Crippen LogP contribution in [-0.2, 0) is 19.4 Å². The maximum absolute atomic E-state index is 5.76. The van der Waals surface area contributed by atoms with E-state index in [1.54, 1.807) is 12.5 Å². The number of benzene rings is 1. The van der Waals surface area contributed by atoms with E-state index in [9.17, 15) is 0 Å². The van der Waals surface area contributed by atoms with Crippen LogP contribution in [0.1, 0.15) is 23.1 Å². The van der Waals surface area contributed by atoms with Crippen molar-refractivity contribution in [3.63, 3.8) is 0 Å². The van der Waals surface area contributed by atoms with Gasteiger partial charge < -0.3 is 14.5 Å². The van der Waals surface area contributed by atoms with Gasteiger partial charge in [0.25, 0.3) is 0 Å². The van der Waals surface area contributed by atoms with Crippen molar-refractivity contribution in [2.75, 3.05) is 13.2 Å². The van der Waals surface area contributed by atoms with Crippen LogP contribution < -0.4 is 10.1 Å². The molecule has 3 heteroatoms. The molecule has 0 saturated heterocycles. The van der Waals surface area contributed by atoms with Gasteiger partial charge in [0.15, 0.2) is 0 Å². The van der Waals surface area contributed by atoms with Crippen molar-refractivity contribution >= 4 is 0 Å². The molecule has 1 aliphatic rings. The fraction of sp³-hybridized carbons (Fsp3) is 0.375. The molecule has 2 aromatic rings. The zero-order valence-corrected chi connectivity index (χ0v) is 11.0. The third-order valence-electron chi connectivity index (χ3n) is 3.53. The van der Waals surface area contributed by atoms with E-state index in [-0.39, 0.29) is 0 Å². The van der Waals surface area contributed by atoms with Gasteiger partial charge in [-0.3, -0.25) is 0 Å². The number of nitrogens with one attached hydrogen (secondary N) is 1. The van der Waals surface area contributed by atoms with Crippen LogP contribution in [0.3, 0.4) is 0 Å². The molecule has 1 N–H and O–H groups in total. The second-order valence-electron chi connectivity index (χ2n) is 4.94. The fourth-order valence-electron chi connectivity index (χ4n) is 2.50. The molecule has 0 saturated carbocycles. The maximum Gasteiger partial charge on any atom is 0.119 e. The predicted molar refractivity (Wildman–Crippen MR) is 74.4 cm³/mol. The minimum Gasteiger partial charge on any atom is -0.492 e. The summed E-state index contributed by atoms with van der Waals surface area (Å²) in [5, 5.41) is 3.33. The first-order chi connectivity index (χ1) is 9.42. The van der Waals surface area contributed by atoms with Gasteiger partial charge >= 0.3 is 0 Å². The minimum atomic E-state index is 0.691. The number of aryl methyl sites for hydroxylation is 2. The van der Waals surface area contributed by atoms with Gasteiger partial charge in [-0.25, -0.2) is 0 Å². The monoisotopic (exact) mass is 257 g/mol. The summed E-state index contributed by atoms with van der Waals surface area (Å²) in [5.41, 5.74) is 4.12. The van der Waals surface area contributed by atoms with Gasteiger partial charge in [-0.2, -0.15) is 0 Å². The van der Waals surface area contributed by atoms with Crippen LogP contribution >= 0.6 is 0 Å². The number of ether oxygens (including phenoxy) is 1. The van der Waals surface area contributed by atoms with Crippen LogP contribution in [0.15, 0.2) is 41.2 Å². The van der Waals surface area contributed by atoms with Crippen molar-refractivity contribution in [2.45, 2.75) is 25.8 Å². The van der Waals surface area contributed by atoms with Crippen LogP contribution in [0.2, 0.25) is 0 Å².